The third kappa shape index (κ3) is 4.32. The minimum Gasteiger partial charge on any atom is -0.449 e. The molecule has 0 N–H and O–H groups in total. The Kier molecular flexibility index (Phi) is 5.36. The Morgan fingerprint density at radius 1 is 0.862 bits per heavy atom. The van der Waals surface area contributed by atoms with Gasteiger partial charge in [0.1, 0.15) is 12.2 Å². The molecule has 7 nitrogen and oxygen atoms in total. The van der Waals surface area contributed by atoms with Crippen LogP contribution in [0.15, 0.2) is 60.7 Å². The van der Waals surface area contributed by atoms with Crippen LogP contribution in [0, 0.1) is 0 Å². The molecule has 0 bridgehead atoms. The molecule has 2 aliphatic rings. The zero-order valence-corrected chi connectivity index (χ0v) is 16.1. The molecule has 2 aliphatic heterocycles. The summed E-state index contributed by atoms with van der Waals surface area (Å²) in [7, 11) is 0. The summed E-state index contributed by atoms with van der Waals surface area (Å²) in [6.07, 6.45) is -3.16. The third-order valence-electron chi connectivity index (χ3n) is 4.72. The maximum absolute atomic E-state index is 12.6. The van der Waals surface area contributed by atoms with Crippen LogP contribution in [-0.2, 0) is 23.7 Å². The van der Waals surface area contributed by atoms with Crippen LogP contribution >= 0.6 is 0 Å². The summed E-state index contributed by atoms with van der Waals surface area (Å²) in [5.41, 5.74) is 0.746. The first-order valence-electron chi connectivity index (χ1n) is 9.42. The topological polar surface area (TPSA) is 80.3 Å². The van der Waals surface area contributed by atoms with Crippen molar-refractivity contribution < 1.29 is 33.3 Å². The van der Waals surface area contributed by atoms with Crippen molar-refractivity contribution in [2.24, 2.45) is 0 Å². The first-order valence-corrected chi connectivity index (χ1v) is 9.42. The number of carbonyl (C=O) groups is 2. The largest absolute Gasteiger partial charge is 0.449 e. The third-order valence-corrected chi connectivity index (χ3v) is 4.72. The van der Waals surface area contributed by atoms with E-state index in [4.69, 9.17) is 23.7 Å². The van der Waals surface area contributed by atoms with Gasteiger partial charge >= 0.3 is 11.9 Å². The average molecular weight is 398 g/mol. The van der Waals surface area contributed by atoms with Crippen LogP contribution in [0.2, 0.25) is 0 Å². The number of carbonyl (C=O) groups excluding carboxylic acids is 2. The van der Waals surface area contributed by atoms with Gasteiger partial charge in [-0.05, 0) is 38.1 Å². The quantitative estimate of drug-likeness (QED) is 0.733. The predicted molar refractivity (Wildman–Crippen MR) is 101 cm³/mol. The number of hydrogen-bond acceptors (Lipinski definition) is 7. The van der Waals surface area contributed by atoms with Crippen molar-refractivity contribution in [1.29, 1.82) is 0 Å². The van der Waals surface area contributed by atoms with E-state index in [1.165, 1.54) is 0 Å². The highest BCUT2D eigenvalue weighted by Crippen LogP contribution is 2.36. The van der Waals surface area contributed by atoms with Crippen LogP contribution < -0.4 is 0 Å². The zero-order valence-electron chi connectivity index (χ0n) is 16.1. The second-order valence-electron chi connectivity index (χ2n) is 7.35. The van der Waals surface area contributed by atoms with Crippen molar-refractivity contribution in [2.45, 2.75) is 44.2 Å². The molecule has 0 radical (unpaired) electrons. The normalized spacial score (nSPS) is 27.7. The fraction of sp³-hybridized carbons (Fsp3) is 0.364. The fourth-order valence-electron chi connectivity index (χ4n) is 3.45. The minimum atomic E-state index is -1.12. The van der Waals surface area contributed by atoms with E-state index in [-0.39, 0.29) is 6.61 Å². The highest BCUT2D eigenvalue weighted by molar-refractivity contribution is 5.90. The molecule has 0 aromatic heterocycles. The van der Waals surface area contributed by atoms with Gasteiger partial charge < -0.3 is 23.7 Å². The molecule has 2 fully saturated rings. The maximum Gasteiger partial charge on any atom is 0.340 e. The number of esters is 2. The molecule has 0 amide bonds. The van der Waals surface area contributed by atoms with Gasteiger partial charge in [0.2, 0.25) is 6.29 Å². The molecule has 152 valence electrons. The van der Waals surface area contributed by atoms with Crippen LogP contribution in [0.1, 0.15) is 34.6 Å². The number of fused-ring (bicyclic) bond motifs is 1. The highest BCUT2D eigenvalue weighted by atomic mass is 16.8. The molecule has 4 atom stereocenters. The minimum absolute atomic E-state index is 0.153. The van der Waals surface area contributed by atoms with Gasteiger partial charge in [-0.15, -0.1) is 0 Å². The summed E-state index contributed by atoms with van der Waals surface area (Å²) in [5, 5.41) is 0. The molecule has 2 heterocycles. The van der Waals surface area contributed by atoms with Gasteiger partial charge in [0.15, 0.2) is 11.9 Å². The van der Waals surface area contributed by atoms with Gasteiger partial charge in [-0.25, -0.2) is 9.59 Å². The SMILES string of the molecule is CC1(C)O[C@H]2[C@H](COC(OC(=O)c3ccccc3)[C@@H]2OC(=O)c2ccccc2)O1. The van der Waals surface area contributed by atoms with E-state index < -0.39 is 42.3 Å². The van der Waals surface area contributed by atoms with Crippen molar-refractivity contribution in [1.82, 2.24) is 0 Å². The van der Waals surface area contributed by atoms with Crippen LogP contribution in [-0.4, -0.2) is 48.9 Å². The first kappa shape index (κ1) is 19.6. The number of hydrogen-bond donors (Lipinski definition) is 0. The molecule has 2 aromatic rings. The van der Waals surface area contributed by atoms with E-state index in [1.54, 1.807) is 74.5 Å². The fourth-order valence-corrected chi connectivity index (χ4v) is 3.45. The summed E-state index contributed by atoms with van der Waals surface area (Å²) < 4.78 is 28.7. The van der Waals surface area contributed by atoms with E-state index in [2.05, 4.69) is 0 Å². The van der Waals surface area contributed by atoms with Gasteiger partial charge in [0.05, 0.1) is 17.7 Å². The summed E-state index contributed by atoms with van der Waals surface area (Å²) in [6, 6.07) is 17.1. The van der Waals surface area contributed by atoms with Crippen molar-refractivity contribution >= 4 is 11.9 Å². The molecule has 0 spiro atoms. The Morgan fingerprint density at radius 2 is 1.41 bits per heavy atom. The van der Waals surface area contributed by atoms with Crippen LogP contribution in [0.5, 0.6) is 0 Å². The molecule has 7 heteroatoms. The van der Waals surface area contributed by atoms with E-state index in [0.29, 0.717) is 11.1 Å². The summed E-state index contributed by atoms with van der Waals surface area (Å²) in [5.74, 6) is -2.00. The lowest BCUT2D eigenvalue weighted by Gasteiger charge is -2.36. The summed E-state index contributed by atoms with van der Waals surface area (Å²) >= 11 is 0. The van der Waals surface area contributed by atoms with E-state index >= 15 is 0 Å². The molecule has 2 saturated heterocycles. The van der Waals surface area contributed by atoms with E-state index in [9.17, 15) is 9.59 Å². The second kappa shape index (κ2) is 7.94. The first-order chi connectivity index (χ1) is 13.9. The molecule has 2 aromatic carbocycles. The predicted octanol–water partition coefficient (Wildman–Crippen LogP) is 2.95. The lowest BCUT2D eigenvalue weighted by Crippen LogP contribution is -2.54. The maximum atomic E-state index is 12.6. The highest BCUT2D eigenvalue weighted by Gasteiger charge is 2.54. The van der Waals surface area contributed by atoms with Crippen LogP contribution in [0.4, 0.5) is 0 Å². The molecule has 0 aliphatic carbocycles. The van der Waals surface area contributed by atoms with Crippen molar-refractivity contribution in [3.63, 3.8) is 0 Å². The Balaban J connectivity index is 1.55. The summed E-state index contributed by atoms with van der Waals surface area (Å²) in [4.78, 5) is 25.2. The molecular weight excluding hydrogens is 376 g/mol. The summed E-state index contributed by atoms with van der Waals surface area (Å²) in [6.45, 7) is 3.69. The van der Waals surface area contributed by atoms with Crippen LogP contribution in [0.25, 0.3) is 0 Å². The monoisotopic (exact) mass is 398 g/mol. The lowest BCUT2D eigenvalue weighted by atomic mass is 10.0. The molecule has 29 heavy (non-hydrogen) atoms. The van der Waals surface area contributed by atoms with Gasteiger partial charge in [-0.3, -0.25) is 0 Å². The number of benzene rings is 2. The Labute approximate surface area is 168 Å². The molecule has 0 saturated carbocycles. The number of rotatable bonds is 4. The molecule has 1 unspecified atom stereocenters. The Morgan fingerprint density at radius 3 is 2.00 bits per heavy atom. The van der Waals surface area contributed by atoms with Gasteiger partial charge in [0, 0.05) is 0 Å². The standard InChI is InChI=1S/C22H22O7/c1-22(2)28-16-13-25-21(27-20(24)15-11-7-4-8-12-15)18(17(16)29-22)26-19(23)14-9-5-3-6-10-14/h3-12,16-18,21H,13H2,1-2H3/t16-,17-,18+,21?/m0/s1. The van der Waals surface area contributed by atoms with Crippen molar-refractivity contribution in [3.05, 3.63) is 71.8 Å². The van der Waals surface area contributed by atoms with Crippen molar-refractivity contribution in [2.75, 3.05) is 6.61 Å². The second-order valence-corrected chi connectivity index (χ2v) is 7.35. The number of ether oxygens (including phenoxy) is 5. The Hall–Kier alpha value is -2.74. The molecular formula is C22H22O7. The smallest absolute Gasteiger partial charge is 0.340 e. The van der Waals surface area contributed by atoms with Crippen LogP contribution in [0.3, 0.4) is 0 Å². The van der Waals surface area contributed by atoms with Gasteiger partial charge in [-0.1, -0.05) is 36.4 Å². The Bertz CT molecular complexity index is 865. The molecule has 4 rings (SSSR count). The van der Waals surface area contributed by atoms with E-state index in [0.717, 1.165) is 0 Å². The lowest BCUT2D eigenvalue weighted by molar-refractivity contribution is -0.230. The van der Waals surface area contributed by atoms with Gasteiger partial charge in [-0.2, -0.15) is 0 Å². The van der Waals surface area contributed by atoms with Gasteiger partial charge in [0.25, 0.3) is 0 Å². The van der Waals surface area contributed by atoms with E-state index in [1.807, 2.05) is 0 Å². The average Bonchev–Trinajstić information content (AvgIpc) is 3.05. The van der Waals surface area contributed by atoms with Crippen molar-refractivity contribution in [3.8, 4) is 0 Å². The zero-order chi connectivity index (χ0) is 20.4.